The van der Waals surface area contributed by atoms with Crippen LogP contribution in [0.2, 0.25) is 0 Å². The summed E-state index contributed by atoms with van der Waals surface area (Å²) in [6.07, 6.45) is 1.70. The fourth-order valence-corrected chi connectivity index (χ4v) is 2.22. The van der Waals surface area contributed by atoms with E-state index in [1.54, 1.807) is 12.3 Å². The van der Waals surface area contributed by atoms with E-state index in [0.29, 0.717) is 23.1 Å². The third-order valence-corrected chi connectivity index (χ3v) is 3.24. The standard InChI is InChI=1S/C13H12N4O2S/c1-3-17-6-9(12-15-16-13(20)19-12)10(18)8-5-4-7(2)14-11(8)17/h4-6H,3H2,1-2H3,(H,16,20). The van der Waals surface area contributed by atoms with E-state index in [1.807, 2.05) is 24.5 Å². The average Bonchev–Trinajstić information content (AvgIpc) is 2.85. The van der Waals surface area contributed by atoms with Gasteiger partial charge >= 0.3 is 0 Å². The monoisotopic (exact) mass is 288 g/mol. The molecule has 20 heavy (non-hydrogen) atoms. The number of H-pyrrole nitrogens is 1. The molecule has 0 atom stereocenters. The topological polar surface area (TPSA) is 76.7 Å². The molecule has 3 rings (SSSR count). The molecule has 0 saturated heterocycles. The Kier molecular flexibility index (Phi) is 2.98. The summed E-state index contributed by atoms with van der Waals surface area (Å²) in [7, 11) is 0. The van der Waals surface area contributed by atoms with E-state index in [2.05, 4.69) is 15.2 Å². The Labute approximate surface area is 119 Å². The van der Waals surface area contributed by atoms with Crippen LogP contribution in [0.1, 0.15) is 12.6 Å². The average molecular weight is 288 g/mol. The first-order valence-electron chi connectivity index (χ1n) is 6.17. The lowest BCUT2D eigenvalue weighted by atomic mass is 10.2. The summed E-state index contributed by atoms with van der Waals surface area (Å²) in [5.74, 6) is 0.199. The zero-order chi connectivity index (χ0) is 14.3. The van der Waals surface area contributed by atoms with Crippen molar-refractivity contribution in [2.45, 2.75) is 20.4 Å². The normalized spacial score (nSPS) is 11.1. The number of nitrogens with one attached hydrogen (secondary N) is 1. The number of hydrogen-bond donors (Lipinski definition) is 1. The summed E-state index contributed by atoms with van der Waals surface area (Å²) in [5.41, 5.74) is 1.74. The number of aromatic amines is 1. The SMILES string of the molecule is CCn1cc(-c2n[nH]c(=S)o2)c(=O)c2ccc(C)nc21. The van der Waals surface area contributed by atoms with Gasteiger partial charge in [-0.15, -0.1) is 5.10 Å². The van der Waals surface area contributed by atoms with E-state index in [9.17, 15) is 4.79 Å². The summed E-state index contributed by atoms with van der Waals surface area (Å²) in [6.45, 7) is 4.56. The molecule has 0 unspecified atom stereocenters. The van der Waals surface area contributed by atoms with E-state index in [4.69, 9.17) is 16.6 Å². The molecule has 0 bridgehead atoms. The molecule has 0 aliphatic carbocycles. The fraction of sp³-hybridized carbons (Fsp3) is 0.231. The van der Waals surface area contributed by atoms with Crippen molar-refractivity contribution in [1.82, 2.24) is 19.7 Å². The molecule has 0 aromatic carbocycles. The van der Waals surface area contributed by atoms with E-state index < -0.39 is 0 Å². The van der Waals surface area contributed by atoms with Crippen molar-refractivity contribution in [3.63, 3.8) is 0 Å². The van der Waals surface area contributed by atoms with Gasteiger partial charge in [0, 0.05) is 18.4 Å². The minimum atomic E-state index is -0.164. The first kappa shape index (κ1) is 12.7. The molecule has 0 amide bonds. The molecule has 7 heteroatoms. The van der Waals surface area contributed by atoms with Crippen LogP contribution in [0.25, 0.3) is 22.5 Å². The summed E-state index contributed by atoms with van der Waals surface area (Å²) in [6, 6.07) is 3.59. The molecule has 102 valence electrons. The minimum Gasteiger partial charge on any atom is -0.409 e. The van der Waals surface area contributed by atoms with Crippen molar-refractivity contribution in [3.05, 3.63) is 39.1 Å². The zero-order valence-electron chi connectivity index (χ0n) is 11.0. The second-order valence-electron chi connectivity index (χ2n) is 4.40. The lowest BCUT2D eigenvalue weighted by molar-refractivity contribution is 0.550. The highest BCUT2D eigenvalue weighted by Crippen LogP contribution is 2.17. The van der Waals surface area contributed by atoms with Crippen LogP contribution in [0.4, 0.5) is 0 Å². The van der Waals surface area contributed by atoms with Crippen molar-refractivity contribution in [2.75, 3.05) is 0 Å². The van der Waals surface area contributed by atoms with Gasteiger partial charge in [-0.1, -0.05) is 0 Å². The van der Waals surface area contributed by atoms with Crippen LogP contribution in [0.15, 0.2) is 27.5 Å². The summed E-state index contributed by atoms with van der Waals surface area (Å²) in [4.78, 5) is 17.1. The van der Waals surface area contributed by atoms with Gasteiger partial charge in [0.25, 0.3) is 10.7 Å². The van der Waals surface area contributed by atoms with Crippen molar-refractivity contribution in [2.24, 2.45) is 0 Å². The first-order chi connectivity index (χ1) is 9.60. The molecular weight excluding hydrogens is 276 g/mol. The molecule has 3 aromatic heterocycles. The lowest BCUT2D eigenvalue weighted by Crippen LogP contribution is -2.13. The van der Waals surface area contributed by atoms with Gasteiger partial charge in [0.2, 0.25) is 5.43 Å². The van der Waals surface area contributed by atoms with Gasteiger partial charge in [-0.2, -0.15) is 0 Å². The van der Waals surface area contributed by atoms with Gasteiger partial charge in [-0.05, 0) is 38.2 Å². The second-order valence-corrected chi connectivity index (χ2v) is 4.77. The smallest absolute Gasteiger partial charge is 0.284 e. The minimum absolute atomic E-state index is 0.143. The Bertz CT molecular complexity index is 907. The number of rotatable bonds is 2. The third kappa shape index (κ3) is 1.96. The molecule has 6 nitrogen and oxygen atoms in total. The second kappa shape index (κ2) is 4.68. The number of fused-ring (bicyclic) bond motifs is 1. The maximum absolute atomic E-state index is 12.5. The molecule has 0 aliphatic heterocycles. The number of aromatic nitrogens is 4. The van der Waals surface area contributed by atoms with Crippen molar-refractivity contribution >= 4 is 23.3 Å². The largest absolute Gasteiger partial charge is 0.409 e. The van der Waals surface area contributed by atoms with Crippen molar-refractivity contribution in [1.29, 1.82) is 0 Å². The molecule has 0 saturated carbocycles. The fourth-order valence-electron chi connectivity index (χ4n) is 2.10. The first-order valence-corrected chi connectivity index (χ1v) is 6.57. The molecule has 1 N–H and O–H groups in total. The van der Waals surface area contributed by atoms with Crippen LogP contribution >= 0.6 is 12.2 Å². The maximum Gasteiger partial charge on any atom is 0.284 e. The number of nitrogens with zero attached hydrogens (tertiary/aromatic N) is 3. The lowest BCUT2D eigenvalue weighted by Gasteiger charge is -2.09. The van der Waals surface area contributed by atoms with Crippen LogP contribution < -0.4 is 5.43 Å². The maximum atomic E-state index is 12.5. The Morgan fingerprint density at radius 3 is 2.90 bits per heavy atom. The van der Waals surface area contributed by atoms with Gasteiger partial charge in [-0.25, -0.2) is 10.1 Å². The van der Waals surface area contributed by atoms with Crippen LogP contribution in [0.5, 0.6) is 0 Å². The van der Waals surface area contributed by atoms with Gasteiger partial charge in [-0.3, -0.25) is 4.79 Å². The predicted molar refractivity (Wildman–Crippen MR) is 77.1 cm³/mol. The molecule has 3 heterocycles. The summed E-state index contributed by atoms with van der Waals surface area (Å²) in [5, 5.41) is 6.98. The summed E-state index contributed by atoms with van der Waals surface area (Å²) < 4.78 is 7.13. The van der Waals surface area contributed by atoms with Crippen LogP contribution in [-0.4, -0.2) is 19.7 Å². The molecule has 0 fully saturated rings. The number of hydrogen-bond acceptors (Lipinski definition) is 5. The highest BCUT2D eigenvalue weighted by atomic mass is 32.1. The number of aryl methyl sites for hydroxylation is 2. The molecule has 0 spiro atoms. The van der Waals surface area contributed by atoms with E-state index in [1.165, 1.54) is 0 Å². The molecular formula is C13H12N4O2S. The van der Waals surface area contributed by atoms with Crippen molar-refractivity contribution in [3.8, 4) is 11.5 Å². The Hall–Kier alpha value is -2.28. The third-order valence-electron chi connectivity index (χ3n) is 3.07. The van der Waals surface area contributed by atoms with Crippen LogP contribution in [-0.2, 0) is 6.54 Å². The molecule has 3 aromatic rings. The van der Waals surface area contributed by atoms with Gasteiger partial charge < -0.3 is 8.98 Å². The Morgan fingerprint density at radius 1 is 1.45 bits per heavy atom. The highest BCUT2D eigenvalue weighted by Gasteiger charge is 2.15. The zero-order valence-corrected chi connectivity index (χ0v) is 11.8. The summed E-state index contributed by atoms with van der Waals surface area (Å²) >= 11 is 4.84. The Morgan fingerprint density at radius 2 is 2.25 bits per heavy atom. The van der Waals surface area contributed by atoms with Crippen molar-refractivity contribution < 1.29 is 4.42 Å². The predicted octanol–water partition coefficient (Wildman–Crippen LogP) is 2.44. The molecule has 0 aliphatic rings. The number of pyridine rings is 2. The quantitative estimate of drug-likeness (QED) is 0.733. The van der Waals surface area contributed by atoms with Gasteiger partial charge in [0.05, 0.1) is 5.39 Å². The van der Waals surface area contributed by atoms with E-state index in [0.717, 1.165) is 5.69 Å². The highest BCUT2D eigenvalue weighted by molar-refractivity contribution is 7.71. The Balaban J connectivity index is 2.41. The van der Waals surface area contributed by atoms with Crippen LogP contribution in [0.3, 0.4) is 0 Å². The van der Waals surface area contributed by atoms with Gasteiger partial charge in [0.1, 0.15) is 11.2 Å². The van der Waals surface area contributed by atoms with Crippen LogP contribution in [0, 0.1) is 11.8 Å². The van der Waals surface area contributed by atoms with Gasteiger partial charge in [0.15, 0.2) is 0 Å². The van der Waals surface area contributed by atoms with E-state index in [-0.39, 0.29) is 16.2 Å². The molecule has 0 radical (unpaired) electrons. The van der Waals surface area contributed by atoms with E-state index >= 15 is 0 Å².